The molecule has 0 radical (unpaired) electrons. The van der Waals surface area contributed by atoms with Crippen LogP contribution in [-0.4, -0.2) is 38.3 Å². The summed E-state index contributed by atoms with van der Waals surface area (Å²) in [5.74, 6) is 0.716. The average molecular weight is 425 g/mol. The van der Waals surface area contributed by atoms with Crippen LogP contribution in [0, 0.1) is 6.92 Å². The highest BCUT2D eigenvalue weighted by Crippen LogP contribution is 2.38. The lowest BCUT2D eigenvalue weighted by molar-refractivity contribution is 0.0933. The third-order valence-corrected chi connectivity index (χ3v) is 5.46. The van der Waals surface area contributed by atoms with E-state index in [1.54, 1.807) is 24.8 Å². The summed E-state index contributed by atoms with van der Waals surface area (Å²) in [5, 5.41) is 7.24. The van der Waals surface area contributed by atoms with Crippen molar-refractivity contribution < 1.29 is 9.53 Å². The zero-order chi connectivity index (χ0) is 21.9. The molecule has 3 heterocycles. The van der Waals surface area contributed by atoms with Gasteiger partial charge in [0.15, 0.2) is 0 Å². The normalized spacial score (nSPS) is 14.6. The summed E-state index contributed by atoms with van der Waals surface area (Å²) in [7, 11) is 0. The van der Waals surface area contributed by atoms with Crippen molar-refractivity contribution in [1.29, 1.82) is 0 Å². The maximum atomic E-state index is 12.8. The van der Waals surface area contributed by atoms with Crippen LogP contribution < -0.4 is 10.1 Å². The Morgan fingerprint density at radius 2 is 2.12 bits per heavy atom. The van der Waals surface area contributed by atoms with Crippen LogP contribution in [0.1, 0.15) is 27.0 Å². The van der Waals surface area contributed by atoms with E-state index < -0.39 is 0 Å². The molecule has 160 valence electrons. The number of nitrogens with zero attached hydrogens (tertiary/aromatic N) is 4. The van der Waals surface area contributed by atoms with Crippen molar-refractivity contribution in [2.75, 3.05) is 6.54 Å². The molecular formula is C25H23N5O2. The number of aryl methyl sites for hydroxylation is 1. The van der Waals surface area contributed by atoms with E-state index in [4.69, 9.17) is 4.74 Å². The lowest BCUT2D eigenvalue weighted by Crippen LogP contribution is -2.34. The topological polar surface area (TPSA) is 81.9 Å². The molecule has 1 aliphatic rings. The molecule has 1 unspecified atom stereocenters. The van der Waals surface area contributed by atoms with E-state index in [1.165, 1.54) is 0 Å². The summed E-state index contributed by atoms with van der Waals surface area (Å²) in [6, 6.07) is 13.7. The van der Waals surface area contributed by atoms with Crippen LogP contribution in [0.3, 0.4) is 0 Å². The number of ether oxygens (including phenoxy) is 1. The molecule has 7 nitrogen and oxygen atoms in total. The molecule has 32 heavy (non-hydrogen) atoms. The maximum Gasteiger partial charge on any atom is 0.251 e. The number of benzene rings is 2. The number of nitrogens with one attached hydrogen (secondary N) is 1. The van der Waals surface area contributed by atoms with Gasteiger partial charge in [-0.3, -0.25) is 19.4 Å². The Labute approximate surface area is 186 Å². The minimum absolute atomic E-state index is 0.114. The fourth-order valence-corrected chi connectivity index (χ4v) is 4.04. The van der Waals surface area contributed by atoms with Crippen molar-refractivity contribution in [3.05, 3.63) is 95.7 Å². The van der Waals surface area contributed by atoms with Gasteiger partial charge in [-0.05, 0) is 47.9 Å². The second-order valence-corrected chi connectivity index (χ2v) is 7.95. The van der Waals surface area contributed by atoms with Crippen LogP contribution in [0.25, 0.3) is 11.3 Å². The van der Waals surface area contributed by atoms with Gasteiger partial charge in [0.25, 0.3) is 5.91 Å². The van der Waals surface area contributed by atoms with Gasteiger partial charge in [0.05, 0.1) is 25.0 Å². The molecule has 0 fully saturated rings. The highest BCUT2D eigenvalue weighted by molar-refractivity contribution is 5.94. The fraction of sp³-hybridized carbons (Fsp3) is 0.200. The molecule has 0 saturated carbocycles. The number of fused-ring (bicyclic) bond motifs is 1. The molecule has 0 aliphatic carbocycles. The summed E-state index contributed by atoms with van der Waals surface area (Å²) < 4.78 is 8.06. The number of carbonyl (C=O) groups is 1. The molecule has 1 amide bonds. The Balaban J connectivity index is 1.25. The quantitative estimate of drug-likeness (QED) is 0.512. The van der Waals surface area contributed by atoms with Gasteiger partial charge in [-0.1, -0.05) is 18.2 Å². The van der Waals surface area contributed by atoms with Crippen molar-refractivity contribution in [2.24, 2.45) is 0 Å². The second kappa shape index (κ2) is 8.63. The van der Waals surface area contributed by atoms with Crippen molar-refractivity contribution in [1.82, 2.24) is 25.1 Å². The molecule has 4 aromatic rings. The van der Waals surface area contributed by atoms with Crippen LogP contribution in [0.15, 0.2) is 73.4 Å². The van der Waals surface area contributed by atoms with Crippen molar-refractivity contribution in [3.63, 3.8) is 0 Å². The average Bonchev–Trinajstić information content (AvgIpc) is 3.47. The van der Waals surface area contributed by atoms with Crippen molar-refractivity contribution in [2.45, 2.75) is 26.0 Å². The third kappa shape index (κ3) is 4.23. The van der Waals surface area contributed by atoms with Crippen LogP contribution in [-0.2, 0) is 13.0 Å². The van der Waals surface area contributed by atoms with Gasteiger partial charge in [-0.15, -0.1) is 0 Å². The van der Waals surface area contributed by atoms with Crippen LogP contribution in [0.2, 0.25) is 0 Å². The zero-order valence-corrected chi connectivity index (χ0v) is 17.7. The van der Waals surface area contributed by atoms with Crippen LogP contribution >= 0.6 is 0 Å². The molecule has 2 aromatic heterocycles. The number of rotatable bonds is 6. The minimum atomic E-state index is -0.126. The largest absolute Gasteiger partial charge is 0.487 e. The molecule has 0 bridgehead atoms. The standard InChI is InChI=1S/C25H23N5O2/c1-17-10-20-13-21(32-24(20)22(11-17)23-15-26-7-8-27-23)14-28-25(31)19-5-2-4-18(12-19)16-30-9-3-6-29-30/h2-12,15,21H,13-14,16H2,1H3,(H,28,31). The number of hydrogen-bond donors (Lipinski definition) is 1. The molecule has 1 aliphatic heterocycles. The van der Waals surface area contributed by atoms with E-state index in [0.29, 0.717) is 18.7 Å². The predicted molar refractivity (Wildman–Crippen MR) is 120 cm³/mol. The van der Waals surface area contributed by atoms with E-state index in [0.717, 1.165) is 40.1 Å². The number of amides is 1. The van der Waals surface area contributed by atoms with Crippen LogP contribution in [0.4, 0.5) is 0 Å². The summed E-state index contributed by atoms with van der Waals surface area (Å²) in [5.41, 5.74) is 5.65. The molecule has 7 heteroatoms. The molecule has 5 rings (SSSR count). The van der Waals surface area contributed by atoms with Crippen LogP contribution in [0.5, 0.6) is 5.75 Å². The SMILES string of the molecule is Cc1cc2c(c(-c3cnccn3)c1)OC(CNC(=O)c1cccc(Cn3cccn3)c1)C2. The molecule has 0 spiro atoms. The zero-order valence-electron chi connectivity index (χ0n) is 17.7. The van der Waals surface area contributed by atoms with E-state index >= 15 is 0 Å². The number of hydrogen-bond acceptors (Lipinski definition) is 5. The lowest BCUT2D eigenvalue weighted by Gasteiger charge is -2.14. The van der Waals surface area contributed by atoms with E-state index in [2.05, 4.69) is 39.4 Å². The molecular weight excluding hydrogens is 402 g/mol. The first-order valence-corrected chi connectivity index (χ1v) is 10.6. The predicted octanol–water partition coefficient (Wildman–Crippen LogP) is 3.43. The highest BCUT2D eigenvalue weighted by atomic mass is 16.5. The third-order valence-electron chi connectivity index (χ3n) is 5.46. The first-order chi connectivity index (χ1) is 15.7. The molecule has 1 N–H and O–H groups in total. The van der Waals surface area contributed by atoms with Gasteiger partial charge >= 0.3 is 0 Å². The minimum Gasteiger partial charge on any atom is -0.487 e. The smallest absolute Gasteiger partial charge is 0.251 e. The number of carbonyl (C=O) groups excluding carboxylic acids is 1. The lowest BCUT2D eigenvalue weighted by atomic mass is 10.0. The van der Waals surface area contributed by atoms with Gasteiger partial charge in [0.1, 0.15) is 11.9 Å². The van der Waals surface area contributed by atoms with Gasteiger partial charge in [0.2, 0.25) is 0 Å². The Bertz CT molecular complexity index is 1240. The molecule has 2 aromatic carbocycles. The maximum absolute atomic E-state index is 12.8. The second-order valence-electron chi connectivity index (χ2n) is 7.95. The first-order valence-electron chi connectivity index (χ1n) is 10.6. The first kappa shape index (κ1) is 19.9. The van der Waals surface area contributed by atoms with Crippen molar-refractivity contribution >= 4 is 5.91 Å². The van der Waals surface area contributed by atoms with Gasteiger partial charge < -0.3 is 10.1 Å². The van der Waals surface area contributed by atoms with E-state index in [-0.39, 0.29) is 12.0 Å². The van der Waals surface area contributed by atoms with Gasteiger partial charge in [-0.2, -0.15) is 5.10 Å². The van der Waals surface area contributed by atoms with Gasteiger partial charge in [0, 0.05) is 42.3 Å². The number of aromatic nitrogens is 4. The fourth-order valence-electron chi connectivity index (χ4n) is 4.04. The summed E-state index contributed by atoms with van der Waals surface area (Å²) in [4.78, 5) is 21.4. The Hall–Kier alpha value is -4.00. The Kier molecular flexibility index (Phi) is 5.37. The Morgan fingerprint density at radius 1 is 1.19 bits per heavy atom. The van der Waals surface area contributed by atoms with Gasteiger partial charge in [-0.25, -0.2) is 0 Å². The monoisotopic (exact) mass is 425 g/mol. The van der Waals surface area contributed by atoms with Crippen molar-refractivity contribution in [3.8, 4) is 17.0 Å². The highest BCUT2D eigenvalue weighted by Gasteiger charge is 2.27. The molecule has 0 saturated heterocycles. The molecule has 1 atom stereocenters. The van der Waals surface area contributed by atoms with E-state index in [9.17, 15) is 4.79 Å². The Morgan fingerprint density at radius 3 is 2.94 bits per heavy atom. The summed E-state index contributed by atoms with van der Waals surface area (Å²) in [6.45, 7) is 3.11. The summed E-state index contributed by atoms with van der Waals surface area (Å²) in [6.07, 6.45) is 9.33. The summed E-state index contributed by atoms with van der Waals surface area (Å²) >= 11 is 0. The van der Waals surface area contributed by atoms with E-state index in [1.807, 2.05) is 41.2 Å².